The summed E-state index contributed by atoms with van der Waals surface area (Å²) in [6.45, 7) is 4.57. The summed E-state index contributed by atoms with van der Waals surface area (Å²) in [5, 5.41) is 3.67. The third-order valence-electron chi connectivity index (χ3n) is 4.03. The summed E-state index contributed by atoms with van der Waals surface area (Å²) in [5.41, 5.74) is 0. The second kappa shape index (κ2) is 5.31. The summed E-state index contributed by atoms with van der Waals surface area (Å²) in [6.07, 6.45) is 6.98. The zero-order valence-corrected chi connectivity index (χ0v) is 10.2. The average molecular weight is 211 g/mol. The molecule has 0 spiro atoms. The van der Waals surface area contributed by atoms with Crippen LogP contribution in [0.15, 0.2) is 0 Å². The summed E-state index contributed by atoms with van der Waals surface area (Å²) in [6, 6.07) is 0.854. The maximum atomic E-state index is 5.35. The van der Waals surface area contributed by atoms with Crippen LogP contribution in [-0.2, 0) is 4.74 Å². The van der Waals surface area contributed by atoms with Crippen LogP contribution in [-0.4, -0.2) is 26.3 Å². The molecule has 0 aromatic heterocycles. The van der Waals surface area contributed by atoms with Gasteiger partial charge in [-0.15, -0.1) is 0 Å². The molecule has 0 radical (unpaired) electrons. The van der Waals surface area contributed by atoms with Gasteiger partial charge in [-0.3, -0.25) is 0 Å². The van der Waals surface area contributed by atoms with Crippen molar-refractivity contribution in [3.05, 3.63) is 0 Å². The topological polar surface area (TPSA) is 21.3 Å². The predicted molar refractivity (Wildman–Crippen MR) is 62.9 cm³/mol. The number of hydrogen-bond donors (Lipinski definition) is 1. The summed E-state index contributed by atoms with van der Waals surface area (Å²) in [5.74, 6) is 2.56. The second-order valence-electron chi connectivity index (χ2n) is 5.58. The molecule has 2 aliphatic rings. The Morgan fingerprint density at radius 3 is 2.60 bits per heavy atom. The summed E-state index contributed by atoms with van der Waals surface area (Å²) in [4.78, 5) is 0. The van der Waals surface area contributed by atoms with E-state index >= 15 is 0 Å². The Labute approximate surface area is 93.8 Å². The van der Waals surface area contributed by atoms with Crippen molar-refractivity contribution >= 4 is 0 Å². The standard InChI is InChI=1S/C13H25NO/c1-10-3-4-11(8-14-13-5-6-13)12(7-10)9-15-2/h10-14H,3-9H2,1-2H3. The molecule has 0 aromatic carbocycles. The molecule has 2 heteroatoms. The molecule has 0 amide bonds. The van der Waals surface area contributed by atoms with E-state index in [1.807, 2.05) is 7.11 Å². The van der Waals surface area contributed by atoms with Crippen molar-refractivity contribution in [1.82, 2.24) is 5.32 Å². The minimum absolute atomic E-state index is 0.796. The number of rotatable bonds is 5. The van der Waals surface area contributed by atoms with E-state index in [4.69, 9.17) is 4.74 Å². The maximum absolute atomic E-state index is 5.35. The van der Waals surface area contributed by atoms with Crippen molar-refractivity contribution in [3.8, 4) is 0 Å². The SMILES string of the molecule is COCC1CC(C)CCC1CNC1CC1. The minimum atomic E-state index is 0.796. The Morgan fingerprint density at radius 2 is 1.93 bits per heavy atom. The molecule has 15 heavy (non-hydrogen) atoms. The first-order chi connectivity index (χ1) is 7.29. The van der Waals surface area contributed by atoms with E-state index in [1.165, 1.54) is 38.6 Å². The summed E-state index contributed by atoms with van der Waals surface area (Å²) in [7, 11) is 1.84. The van der Waals surface area contributed by atoms with Gasteiger partial charge in [0.2, 0.25) is 0 Å². The van der Waals surface area contributed by atoms with Crippen molar-refractivity contribution in [3.63, 3.8) is 0 Å². The lowest BCUT2D eigenvalue weighted by atomic mass is 9.75. The molecular weight excluding hydrogens is 186 g/mol. The van der Waals surface area contributed by atoms with Gasteiger partial charge in [-0.1, -0.05) is 13.3 Å². The molecule has 88 valence electrons. The zero-order valence-electron chi connectivity index (χ0n) is 10.2. The van der Waals surface area contributed by atoms with Gasteiger partial charge < -0.3 is 10.1 Å². The molecule has 2 aliphatic carbocycles. The van der Waals surface area contributed by atoms with E-state index in [2.05, 4.69) is 12.2 Å². The number of methoxy groups -OCH3 is 1. The zero-order chi connectivity index (χ0) is 10.7. The number of nitrogens with one attached hydrogen (secondary N) is 1. The largest absolute Gasteiger partial charge is 0.384 e. The van der Waals surface area contributed by atoms with Crippen molar-refractivity contribution in [1.29, 1.82) is 0 Å². The highest BCUT2D eigenvalue weighted by Crippen LogP contribution is 2.34. The van der Waals surface area contributed by atoms with E-state index in [0.29, 0.717) is 0 Å². The monoisotopic (exact) mass is 211 g/mol. The Bertz CT molecular complexity index is 191. The van der Waals surface area contributed by atoms with Crippen LogP contribution in [0.5, 0.6) is 0 Å². The molecule has 0 heterocycles. The van der Waals surface area contributed by atoms with Crippen LogP contribution in [0.2, 0.25) is 0 Å². The Hall–Kier alpha value is -0.0800. The Kier molecular flexibility index (Phi) is 4.04. The molecule has 2 rings (SSSR count). The smallest absolute Gasteiger partial charge is 0.0493 e. The molecule has 2 saturated carbocycles. The first-order valence-electron chi connectivity index (χ1n) is 6.52. The van der Waals surface area contributed by atoms with Gasteiger partial charge in [0.15, 0.2) is 0 Å². The molecule has 1 N–H and O–H groups in total. The highest BCUT2D eigenvalue weighted by molar-refractivity contribution is 4.85. The van der Waals surface area contributed by atoms with E-state index < -0.39 is 0 Å². The van der Waals surface area contributed by atoms with E-state index in [-0.39, 0.29) is 0 Å². The lowest BCUT2D eigenvalue weighted by molar-refractivity contribution is 0.0768. The van der Waals surface area contributed by atoms with Crippen LogP contribution in [0.3, 0.4) is 0 Å². The van der Waals surface area contributed by atoms with Gasteiger partial charge in [0.05, 0.1) is 0 Å². The fourth-order valence-corrected chi connectivity index (χ4v) is 2.85. The maximum Gasteiger partial charge on any atom is 0.0493 e. The van der Waals surface area contributed by atoms with Gasteiger partial charge in [0.1, 0.15) is 0 Å². The van der Waals surface area contributed by atoms with E-state index in [9.17, 15) is 0 Å². The van der Waals surface area contributed by atoms with E-state index in [0.717, 1.165) is 30.4 Å². The first kappa shape index (κ1) is 11.4. The summed E-state index contributed by atoms with van der Waals surface area (Å²) >= 11 is 0. The van der Waals surface area contributed by atoms with Crippen LogP contribution in [0.4, 0.5) is 0 Å². The third-order valence-corrected chi connectivity index (χ3v) is 4.03. The van der Waals surface area contributed by atoms with Gasteiger partial charge in [0, 0.05) is 19.8 Å². The molecule has 2 nitrogen and oxygen atoms in total. The molecule has 0 aromatic rings. The molecule has 3 unspecified atom stereocenters. The van der Waals surface area contributed by atoms with E-state index in [1.54, 1.807) is 0 Å². The molecule has 2 fully saturated rings. The lowest BCUT2D eigenvalue weighted by Gasteiger charge is -2.34. The Balaban J connectivity index is 1.77. The summed E-state index contributed by atoms with van der Waals surface area (Å²) < 4.78 is 5.35. The average Bonchev–Trinajstić information content (AvgIpc) is 3.01. The normalized spacial score (nSPS) is 36.8. The predicted octanol–water partition coefficient (Wildman–Crippen LogP) is 2.44. The quantitative estimate of drug-likeness (QED) is 0.754. The first-order valence-corrected chi connectivity index (χ1v) is 6.52. The molecule has 0 saturated heterocycles. The van der Waals surface area contributed by atoms with Gasteiger partial charge in [-0.25, -0.2) is 0 Å². The van der Waals surface area contributed by atoms with Gasteiger partial charge in [0.25, 0.3) is 0 Å². The fourth-order valence-electron chi connectivity index (χ4n) is 2.85. The second-order valence-corrected chi connectivity index (χ2v) is 5.58. The fraction of sp³-hybridized carbons (Fsp3) is 1.00. The van der Waals surface area contributed by atoms with Crippen LogP contribution in [0.25, 0.3) is 0 Å². The minimum Gasteiger partial charge on any atom is -0.384 e. The number of hydrogen-bond acceptors (Lipinski definition) is 2. The Morgan fingerprint density at radius 1 is 1.13 bits per heavy atom. The van der Waals surface area contributed by atoms with Crippen molar-refractivity contribution in [2.45, 2.75) is 45.1 Å². The third kappa shape index (κ3) is 3.46. The van der Waals surface area contributed by atoms with Gasteiger partial charge in [-0.05, 0) is 50.0 Å². The van der Waals surface area contributed by atoms with Crippen molar-refractivity contribution in [2.24, 2.45) is 17.8 Å². The van der Waals surface area contributed by atoms with Crippen LogP contribution < -0.4 is 5.32 Å². The van der Waals surface area contributed by atoms with Crippen molar-refractivity contribution in [2.75, 3.05) is 20.3 Å². The molecule has 3 atom stereocenters. The van der Waals surface area contributed by atoms with Gasteiger partial charge in [-0.2, -0.15) is 0 Å². The van der Waals surface area contributed by atoms with Gasteiger partial charge >= 0.3 is 0 Å². The van der Waals surface area contributed by atoms with Crippen LogP contribution >= 0.6 is 0 Å². The van der Waals surface area contributed by atoms with Crippen molar-refractivity contribution < 1.29 is 4.74 Å². The molecular formula is C13H25NO. The molecule has 0 bridgehead atoms. The highest BCUT2D eigenvalue weighted by atomic mass is 16.5. The lowest BCUT2D eigenvalue weighted by Crippen LogP contribution is -2.35. The number of ether oxygens (including phenoxy) is 1. The van der Waals surface area contributed by atoms with Crippen LogP contribution in [0, 0.1) is 17.8 Å². The molecule has 0 aliphatic heterocycles. The highest BCUT2D eigenvalue weighted by Gasteiger charge is 2.30. The van der Waals surface area contributed by atoms with Crippen LogP contribution in [0.1, 0.15) is 39.0 Å².